The molecule has 1 atom stereocenters. The molecule has 1 aliphatic heterocycles. The first-order valence-corrected chi connectivity index (χ1v) is 4.64. The fourth-order valence-corrected chi connectivity index (χ4v) is 1.35. The summed E-state index contributed by atoms with van der Waals surface area (Å²) >= 11 is 0. The molecule has 1 aliphatic rings. The molecule has 1 heterocycles. The van der Waals surface area contributed by atoms with E-state index in [1.807, 2.05) is 0 Å². The van der Waals surface area contributed by atoms with Crippen molar-refractivity contribution in [1.29, 1.82) is 0 Å². The molecule has 12 heavy (non-hydrogen) atoms. The molecule has 0 amide bonds. The molecular formula is C9H19N3. The highest BCUT2D eigenvalue weighted by molar-refractivity contribution is 4.90. The number of nitrogens with two attached hydrogens (primary N) is 1. The smallest absolute Gasteiger partial charge is 0.0905 e. The summed E-state index contributed by atoms with van der Waals surface area (Å²) < 4.78 is 0. The van der Waals surface area contributed by atoms with Crippen molar-refractivity contribution in [3.05, 3.63) is 12.4 Å². The Bertz CT molecular complexity index is 156. The summed E-state index contributed by atoms with van der Waals surface area (Å²) in [6, 6.07) is 0. The number of rotatable bonds is 4. The highest BCUT2D eigenvalue weighted by Gasteiger charge is 2.14. The van der Waals surface area contributed by atoms with Gasteiger partial charge in [0.1, 0.15) is 0 Å². The number of unbranched alkanes of at least 4 members (excludes halogenated alkanes) is 1. The molecule has 3 heteroatoms. The first-order chi connectivity index (χ1) is 5.74. The molecule has 0 aromatic carbocycles. The Balaban J connectivity index is 2.24. The van der Waals surface area contributed by atoms with Crippen molar-refractivity contribution in [1.82, 2.24) is 9.80 Å². The van der Waals surface area contributed by atoms with Gasteiger partial charge < -0.3 is 15.5 Å². The van der Waals surface area contributed by atoms with Gasteiger partial charge in [-0.1, -0.05) is 19.8 Å². The summed E-state index contributed by atoms with van der Waals surface area (Å²) in [4.78, 5) is 4.31. The standard InChI is InChI=1S/C9H19N3/c1-3-4-5-9(10)12-7-6-11(2)8-12/h6-7,9H,3-5,8,10H2,1-2H3. The second kappa shape index (κ2) is 4.36. The zero-order valence-electron chi connectivity index (χ0n) is 8.03. The molecule has 0 aliphatic carbocycles. The SMILES string of the molecule is CCCCC(N)N1C=CN(C)C1. The molecular weight excluding hydrogens is 150 g/mol. The van der Waals surface area contributed by atoms with Crippen LogP contribution in [-0.4, -0.2) is 29.7 Å². The molecule has 2 N–H and O–H groups in total. The van der Waals surface area contributed by atoms with E-state index < -0.39 is 0 Å². The van der Waals surface area contributed by atoms with Gasteiger partial charge in [0.2, 0.25) is 0 Å². The van der Waals surface area contributed by atoms with E-state index in [1.165, 1.54) is 12.8 Å². The lowest BCUT2D eigenvalue weighted by molar-refractivity contribution is 0.221. The third-order valence-corrected chi connectivity index (χ3v) is 2.18. The molecule has 1 unspecified atom stereocenters. The molecule has 3 nitrogen and oxygen atoms in total. The van der Waals surface area contributed by atoms with Crippen molar-refractivity contribution in [2.75, 3.05) is 13.7 Å². The van der Waals surface area contributed by atoms with E-state index in [9.17, 15) is 0 Å². The Morgan fingerprint density at radius 3 is 2.75 bits per heavy atom. The Morgan fingerprint density at radius 1 is 1.50 bits per heavy atom. The monoisotopic (exact) mass is 169 g/mol. The van der Waals surface area contributed by atoms with Crippen molar-refractivity contribution in [2.45, 2.75) is 32.4 Å². The van der Waals surface area contributed by atoms with Gasteiger partial charge in [-0.25, -0.2) is 0 Å². The quantitative estimate of drug-likeness (QED) is 0.685. The number of nitrogens with zero attached hydrogens (tertiary/aromatic N) is 2. The first kappa shape index (κ1) is 9.39. The average molecular weight is 169 g/mol. The van der Waals surface area contributed by atoms with E-state index >= 15 is 0 Å². The van der Waals surface area contributed by atoms with Crippen LogP contribution < -0.4 is 5.73 Å². The molecule has 0 aromatic heterocycles. The second-order valence-electron chi connectivity index (χ2n) is 3.42. The summed E-state index contributed by atoms with van der Waals surface area (Å²) in [5.41, 5.74) is 5.98. The zero-order chi connectivity index (χ0) is 8.97. The highest BCUT2D eigenvalue weighted by atomic mass is 15.4. The third kappa shape index (κ3) is 2.41. The van der Waals surface area contributed by atoms with Crippen molar-refractivity contribution >= 4 is 0 Å². The van der Waals surface area contributed by atoms with Crippen LogP contribution in [0.1, 0.15) is 26.2 Å². The van der Waals surface area contributed by atoms with Crippen LogP contribution in [0.2, 0.25) is 0 Å². The van der Waals surface area contributed by atoms with Crippen molar-refractivity contribution in [2.24, 2.45) is 5.73 Å². The van der Waals surface area contributed by atoms with E-state index in [0.717, 1.165) is 13.1 Å². The van der Waals surface area contributed by atoms with Crippen LogP contribution in [0.3, 0.4) is 0 Å². The molecule has 0 fully saturated rings. The van der Waals surface area contributed by atoms with E-state index in [4.69, 9.17) is 5.73 Å². The maximum atomic E-state index is 5.98. The van der Waals surface area contributed by atoms with E-state index in [1.54, 1.807) is 0 Å². The Labute approximate surface area is 74.8 Å². The van der Waals surface area contributed by atoms with Gasteiger partial charge in [-0.3, -0.25) is 0 Å². The molecule has 0 saturated carbocycles. The molecule has 0 aromatic rings. The molecule has 0 bridgehead atoms. The largest absolute Gasteiger partial charge is 0.362 e. The summed E-state index contributed by atoms with van der Waals surface area (Å²) in [6.45, 7) is 3.13. The molecule has 0 spiro atoms. The summed E-state index contributed by atoms with van der Waals surface area (Å²) in [5.74, 6) is 0. The van der Waals surface area contributed by atoms with Gasteiger partial charge in [0.25, 0.3) is 0 Å². The number of hydrogen-bond donors (Lipinski definition) is 1. The molecule has 70 valence electrons. The van der Waals surface area contributed by atoms with Gasteiger partial charge in [0.05, 0.1) is 12.8 Å². The van der Waals surface area contributed by atoms with Crippen LogP contribution in [0.25, 0.3) is 0 Å². The lowest BCUT2D eigenvalue weighted by atomic mass is 10.2. The van der Waals surface area contributed by atoms with Crippen LogP contribution in [0.15, 0.2) is 12.4 Å². The first-order valence-electron chi connectivity index (χ1n) is 4.64. The topological polar surface area (TPSA) is 32.5 Å². The van der Waals surface area contributed by atoms with Crippen LogP contribution >= 0.6 is 0 Å². The zero-order valence-corrected chi connectivity index (χ0v) is 8.03. The fraction of sp³-hybridized carbons (Fsp3) is 0.778. The minimum Gasteiger partial charge on any atom is -0.362 e. The molecule has 1 rings (SSSR count). The highest BCUT2D eigenvalue weighted by Crippen LogP contribution is 2.10. The summed E-state index contributed by atoms with van der Waals surface area (Å²) in [7, 11) is 2.06. The molecule has 0 radical (unpaired) electrons. The van der Waals surface area contributed by atoms with Crippen molar-refractivity contribution < 1.29 is 0 Å². The van der Waals surface area contributed by atoms with Crippen LogP contribution in [0.5, 0.6) is 0 Å². The Kier molecular flexibility index (Phi) is 3.41. The average Bonchev–Trinajstić information content (AvgIpc) is 2.47. The normalized spacial score (nSPS) is 18.9. The summed E-state index contributed by atoms with van der Waals surface area (Å²) in [5, 5.41) is 0. The van der Waals surface area contributed by atoms with Gasteiger partial charge in [0.15, 0.2) is 0 Å². The van der Waals surface area contributed by atoms with Crippen molar-refractivity contribution in [3.63, 3.8) is 0 Å². The molecule has 0 saturated heterocycles. The lowest BCUT2D eigenvalue weighted by Gasteiger charge is -2.25. The van der Waals surface area contributed by atoms with Crippen LogP contribution in [-0.2, 0) is 0 Å². The fourth-order valence-electron chi connectivity index (χ4n) is 1.35. The minimum atomic E-state index is 0.200. The minimum absolute atomic E-state index is 0.200. The van der Waals surface area contributed by atoms with Gasteiger partial charge in [-0.05, 0) is 6.42 Å². The predicted molar refractivity (Wildman–Crippen MR) is 51.1 cm³/mol. The Morgan fingerprint density at radius 2 is 2.25 bits per heavy atom. The maximum absolute atomic E-state index is 5.98. The predicted octanol–water partition coefficient (Wildman–Crippen LogP) is 1.14. The number of hydrogen-bond acceptors (Lipinski definition) is 3. The Hall–Kier alpha value is -0.700. The van der Waals surface area contributed by atoms with Crippen molar-refractivity contribution in [3.8, 4) is 0 Å². The van der Waals surface area contributed by atoms with Crippen LogP contribution in [0.4, 0.5) is 0 Å². The van der Waals surface area contributed by atoms with Gasteiger partial charge in [-0.2, -0.15) is 0 Å². The summed E-state index contributed by atoms with van der Waals surface area (Å²) in [6.07, 6.45) is 7.86. The van der Waals surface area contributed by atoms with E-state index in [0.29, 0.717) is 0 Å². The van der Waals surface area contributed by atoms with Gasteiger partial charge in [-0.15, -0.1) is 0 Å². The van der Waals surface area contributed by atoms with E-state index in [-0.39, 0.29) is 6.17 Å². The van der Waals surface area contributed by atoms with Gasteiger partial charge in [0, 0.05) is 19.4 Å². The van der Waals surface area contributed by atoms with Gasteiger partial charge >= 0.3 is 0 Å². The second-order valence-corrected chi connectivity index (χ2v) is 3.42. The van der Waals surface area contributed by atoms with Crippen LogP contribution in [0, 0.1) is 0 Å². The third-order valence-electron chi connectivity index (χ3n) is 2.18. The van der Waals surface area contributed by atoms with E-state index in [2.05, 4.69) is 36.2 Å². The maximum Gasteiger partial charge on any atom is 0.0905 e. The lowest BCUT2D eigenvalue weighted by Crippen LogP contribution is -2.39.